The van der Waals surface area contributed by atoms with Crippen molar-refractivity contribution in [2.24, 2.45) is 0 Å². The number of aryl methyl sites for hydroxylation is 1. The first-order valence-corrected chi connectivity index (χ1v) is 5.70. The number of hydrogen-bond donors (Lipinski definition) is 1. The average molecular weight is 266 g/mol. The van der Waals surface area contributed by atoms with Gasteiger partial charge < -0.3 is 4.90 Å². The first-order valence-electron chi connectivity index (χ1n) is 5.32. The lowest BCUT2D eigenvalue weighted by atomic mass is 10.3. The number of halogens is 1. The van der Waals surface area contributed by atoms with E-state index in [1.165, 1.54) is 4.90 Å². The van der Waals surface area contributed by atoms with Gasteiger partial charge in [0.05, 0.1) is 6.54 Å². The van der Waals surface area contributed by atoms with Gasteiger partial charge in [-0.2, -0.15) is 5.10 Å². The lowest BCUT2D eigenvalue weighted by Gasteiger charge is -2.14. The fourth-order valence-corrected chi connectivity index (χ4v) is 1.63. The van der Waals surface area contributed by atoms with Crippen LogP contribution in [0.5, 0.6) is 0 Å². The Morgan fingerprint density at radius 1 is 1.44 bits per heavy atom. The number of H-pyrrole nitrogens is 1. The molecule has 0 bridgehead atoms. The van der Waals surface area contributed by atoms with E-state index in [2.05, 4.69) is 20.2 Å². The third kappa shape index (κ3) is 2.84. The number of carbonyl (C=O) groups is 1. The molecule has 0 aliphatic carbocycles. The first kappa shape index (κ1) is 12.5. The molecule has 2 aromatic rings. The Labute approximate surface area is 109 Å². The molecule has 0 unspecified atom stereocenters. The van der Waals surface area contributed by atoms with Crippen LogP contribution in [0.2, 0.25) is 5.15 Å². The highest BCUT2D eigenvalue weighted by Gasteiger charge is 2.15. The van der Waals surface area contributed by atoms with E-state index in [-0.39, 0.29) is 5.91 Å². The van der Waals surface area contributed by atoms with E-state index in [0.29, 0.717) is 29.0 Å². The zero-order valence-corrected chi connectivity index (χ0v) is 10.8. The molecule has 0 saturated carbocycles. The molecule has 94 valence electrons. The largest absolute Gasteiger partial charge is 0.333 e. The Morgan fingerprint density at radius 2 is 2.22 bits per heavy atom. The predicted molar refractivity (Wildman–Crippen MR) is 66.2 cm³/mol. The van der Waals surface area contributed by atoms with Crippen LogP contribution in [-0.4, -0.2) is 38.0 Å². The maximum absolute atomic E-state index is 12.0. The number of aromatic nitrogens is 4. The van der Waals surface area contributed by atoms with Crippen molar-refractivity contribution in [3.8, 4) is 0 Å². The molecule has 18 heavy (non-hydrogen) atoms. The van der Waals surface area contributed by atoms with Gasteiger partial charge in [-0.05, 0) is 19.1 Å². The number of carbonyl (C=O) groups excluding carboxylic acids is 1. The van der Waals surface area contributed by atoms with E-state index in [1.54, 1.807) is 32.2 Å². The van der Waals surface area contributed by atoms with Gasteiger partial charge >= 0.3 is 0 Å². The van der Waals surface area contributed by atoms with E-state index in [0.717, 1.165) is 0 Å². The Bertz CT molecular complexity index is 568. The summed E-state index contributed by atoms with van der Waals surface area (Å²) in [7, 11) is 1.66. The topological polar surface area (TPSA) is 74.8 Å². The molecule has 0 atom stereocenters. The van der Waals surface area contributed by atoms with Crippen LogP contribution in [0, 0.1) is 6.92 Å². The number of rotatable bonds is 3. The van der Waals surface area contributed by atoms with Crippen LogP contribution in [0.3, 0.4) is 0 Å². The van der Waals surface area contributed by atoms with Crippen LogP contribution in [0.1, 0.15) is 22.1 Å². The van der Waals surface area contributed by atoms with Crippen molar-refractivity contribution in [2.45, 2.75) is 13.5 Å². The molecular weight excluding hydrogens is 254 g/mol. The molecule has 0 aliphatic heterocycles. The maximum atomic E-state index is 12.0. The van der Waals surface area contributed by atoms with Gasteiger partial charge in [0.15, 0.2) is 5.82 Å². The second kappa shape index (κ2) is 5.14. The molecule has 2 rings (SSSR count). The van der Waals surface area contributed by atoms with Gasteiger partial charge in [0.2, 0.25) is 0 Å². The van der Waals surface area contributed by atoms with Gasteiger partial charge in [0.25, 0.3) is 5.91 Å². The zero-order chi connectivity index (χ0) is 13.1. The second-order valence-corrected chi connectivity index (χ2v) is 4.23. The molecule has 0 spiro atoms. The lowest BCUT2D eigenvalue weighted by Crippen LogP contribution is -2.27. The third-order valence-electron chi connectivity index (χ3n) is 2.30. The number of aromatic amines is 1. The standard InChI is InChI=1S/C11H12ClN5O/c1-7-13-10(16-15-7)6-17(2)11(18)8-4-3-5-9(12)14-8/h3-5H,6H2,1-2H3,(H,13,15,16). The van der Waals surface area contributed by atoms with Crippen molar-refractivity contribution in [3.63, 3.8) is 0 Å². The molecule has 2 aromatic heterocycles. The van der Waals surface area contributed by atoms with Gasteiger partial charge in [-0.15, -0.1) is 0 Å². The van der Waals surface area contributed by atoms with Crippen LogP contribution in [-0.2, 0) is 6.54 Å². The molecule has 0 aliphatic rings. The Kier molecular flexibility index (Phi) is 3.57. The molecule has 0 saturated heterocycles. The van der Waals surface area contributed by atoms with Gasteiger partial charge in [-0.1, -0.05) is 17.7 Å². The fraction of sp³-hybridized carbons (Fsp3) is 0.273. The average Bonchev–Trinajstić information content (AvgIpc) is 2.73. The minimum absolute atomic E-state index is 0.222. The van der Waals surface area contributed by atoms with E-state index >= 15 is 0 Å². The SMILES string of the molecule is Cc1nc(CN(C)C(=O)c2cccc(Cl)n2)n[nH]1. The quantitative estimate of drug-likeness (QED) is 0.852. The summed E-state index contributed by atoms with van der Waals surface area (Å²) < 4.78 is 0. The van der Waals surface area contributed by atoms with Gasteiger partial charge in [0.1, 0.15) is 16.7 Å². The molecule has 6 nitrogen and oxygen atoms in total. The molecule has 0 aromatic carbocycles. The van der Waals surface area contributed by atoms with Crippen LogP contribution in [0.25, 0.3) is 0 Å². The molecule has 1 N–H and O–H groups in total. The summed E-state index contributed by atoms with van der Waals surface area (Å²) in [6.45, 7) is 2.12. The summed E-state index contributed by atoms with van der Waals surface area (Å²) in [5, 5.41) is 6.99. The van der Waals surface area contributed by atoms with E-state index in [4.69, 9.17) is 11.6 Å². The van der Waals surface area contributed by atoms with E-state index in [9.17, 15) is 4.79 Å². The Morgan fingerprint density at radius 3 is 2.83 bits per heavy atom. The third-order valence-corrected chi connectivity index (χ3v) is 2.51. The van der Waals surface area contributed by atoms with Crippen molar-refractivity contribution in [1.29, 1.82) is 0 Å². The smallest absolute Gasteiger partial charge is 0.272 e. The summed E-state index contributed by atoms with van der Waals surface area (Å²) in [5.74, 6) is 1.05. The molecule has 1 amide bonds. The number of hydrogen-bond acceptors (Lipinski definition) is 4. The van der Waals surface area contributed by atoms with E-state index in [1.807, 2.05) is 0 Å². The number of nitrogens with zero attached hydrogens (tertiary/aromatic N) is 4. The zero-order valence-electron chi connectivity index (χ0n) is 10.0. The monoisotopic (exact) mass is 265 g/mol. The predicted octanol–water partition coefficient (Wildman–Crippen LogP) is 1.43. The summed E-state index contributed by atoms with van der Waals surface area (Å²) in [6, 6.07) is 4.93. The summed E-state index contributed by atoms with van der Waals surface area (Å²) in [5.41, 5.74) is 0.303. The molecule has 7 heteroatoms. The highest BCUT2D eigenvalue weighted by molar-refractivity contribution is 6.29. The van der Waals surface area contributed by atoms with E-state index < -0.39 is 0 Å². The molecular formula is C11H12ClN5O. The van der Waals surface area contributed by atoms with Gasteiger partial charge in [0, 0.05) is 7.05 Å². The van der Waals surface area contributed by atoms with Crippen LogP contribution < -0.4 is 0 Å². The maximum Gasteiger partial charge on any atom is 0.272 e. The van der Waals surface area contributed by atoms with Crippen molar-refractivity contribution in [3.05, 3.63) is 40.7 Å². The molecule has 0 fully saturated rings. The van der Waals surface area contributed by atoms with Crippen LogP contribution in [0.15, 0.2) is 18.2 Å². The molecule has 2 heterocycles. The Balaban J connectivity index is 2.09. The summed E-state index contributed by atoms with van der Waals surface area (Å²) >= 11 is 5.75. The first-order chi connectivity index (χ1) is 8.56. The van der Waals surface area contributed by atoms with Gasteiger partial charge in [-0.25, -0.2) is 9.97 Å². The second-order valence-electron chi connectivity index (χ2n) is 3.84. The lowest BCUT2D eigenvalue weighted by molar-refractivity contribution is 0.0776. The Hall–Kier alpha value is -1.95. The normalized spacial score (nSPS) is 10.4. The minimum atomic E-state index is -0.222. The number of amides is 1. The number of nitrogens with one attached hydrogen (secondary N) is 1. The van der Waals surface area contributed by atoms with Crippen molar-refractivity contribution in [1.82, 2.24) is 25.1 Å². The molecule has 0 radical (unpaired) electrons. The van der Waals surface area contributed by atoms with Crippen molar-refractivity contribution in [2.75, 3.05) is 7.05 Å². The van der Waals surface area contributed by atoms with Crippen molar-refractivity contribution < 1.29 is 4.79 Å². The highest BCUT2D eigenvalue weighted by Crippen LogP contribution is 2.08. The minimum Gasteiger partial charge on any atom is -0.333 e. The highest BCUT2D eigenvalue weighted by atomic mass is 35.5. The number of pyridine rings is 1. The summed E-state index contributed by atoms with van der Waals surface area (Å²) in [6.07, 6.45) is 0. The van der Waals surface area contributed by atoms with Crippen LogP contribution >= 0.6 is 11.6 Å². The fourth-order valence-electron chi connectivity index (χ4n) is 1.47. The van der Waals surface area contributed by atoms with Gasteiger partial charge in [-0.3, -0.25) is 9.89 Å². The van der Waals surface area contributed by atoms with Crippen molar-refractivity contribution >= 4 is 17.5 Å². The van der Waals surface area contributed by atoms with Crippen LogP contribution in [0.4, 0.5) is 0 Å². The summed E-state index contributed by atoms with van der Waals surface area (Å²) in [4.78, 5) is 21.6.